The quantitative estimate of drug-likeness (QED) is 0.741. The summed E-state index contributed by atoms with van der Waals surface area (Å²) in [6.45, 7) is 2.15. The zero-order chi connectivity index (χ0) is 10.7. The van der Waals surface area contributed by atoms with Crippen LogP contribution in [0.2, 0.25) is 0 Å². The molecule has 15 heavy (non-hydrogen) atoms. The van der Waals surface area contributed by atoms with Crippen LogP contribution in [0.1, 0.15) is 5.56 Å². The van der Waals surface area contributed by atoms with E-state index in [1.54, 1.807) is 0 Å². The molecule has 0 unspecified atom stereocenters. The Kier molecular flexibility index (Phi) is 2.55. The van der Waals surface area contributed by atoms with Gasteiger partial charge in [0.15, 0.2) is 6.61 Å². The molecule has 0 saturated heterocycles. The van der Waals surface area contributed by atoms with Gasteiger partial charge in [0, 0.05) is 0 Å². The standard InChI is InChI=1S/C13H11NO/c1-10-2-3-11-4-5-13(15-7-6-14)9-12(11)8-10/h2-5,8-9H,7H2,1H3. The van der Waals surface area contributed by atoms with Crippen LogP contribution in [0.25, 0.3) is 10.8 Å². The molecule has 0 aliphatic carbocycles. The highest BCUT2D eigenvalue weighted by Gasteiger charge is 1.97. The molecule has 2 heteroatoms. The van der Waals surface area contributed by atoms with Gasteiger partial charge in [0.1, 0.15) is 11.8 Å². The van der Waals surface area contributed by atoms with Crippen LogP contribution in [-0.4, -0.2) is 6.61 Å². The zero-order valence-corrected chi connectivity index (χ0v) is 8.53. The van der Waals surface area contributed by atoms with E-state index in [2.05, 4.69) is 25.1 Å². The fourth-order valence-electron chi connectivity index (χ4n) is 1.55. The van der Waals surface area contributed by atoms with Crippen molar-refractivity contribution in [3.05, 3.63) is 42.0 Å². The third-order valence-corrected chi connectivity index (χ3v) is 2.27. The highest BCUT2D eigenvalue weighted by Crippen LogP contribution is 2.21. The average molecular weight is 197 g/mol. The lowest BCUT2D eigenvalue weighted by atomic mass is 10.1. The molecule has 2 nitrogen and oxygen atoms in total. The van der Waals surface area contributed by atoms with Crippen LogP contribution in [-0.2, 0) is 0 Å². The summed E-state index contributed by atoms with van der Waals surface area (Å²) in [5, 5.41) is 10.7. The number of nitriles is 1. The molecule has 0 bridgehead atoms. The number of ether oxygens (including phenoxy) is 1. The van der Waals surface area contributed by atoms with E-state index in [0.717, 1.165) is 11.1 Å². The van der Waals surface area contributed by atoms with E-state index >= 15 is 0 Å². The number of nitrogens with zero attached hydrogens (tertiary/aromatic N) is 1. The van der Waals surface area contributed by atoms with Crippen molar-refractivity contribution in [3.63, 3.8) is 0 Å². The molecule has 0 N–H and O–H groups in total. The lowest BCUT2D eigenvalue weighted by molar-refractivity contribution is 0.368. The van der Waals surface area contributed by atoms with E-state index in [-0.39, 0.29) is 6.61 Å². The number of benzene rings is 2. The van der Waals surface area contributed by atoms with E-state index in [1.807, 2.05) is 24.3 Å². The van der Waals surface area contributed by atoms with Crippen LogP contribution < -0.4 is 4.74 Å². The largest absolute Gasteiger partial charge is 0.479 e. The summed E-state index contributed by atoms with van der Waals surface area (Å²) >= 11 is 0. The molecular weight excluding hydrogens is 186 g/mol. The molecule has 0 aromatic heterocycles. The Morgan fingerprint density at radius 3 is 2.73 bits per heavy atom. The first-order valence-corrected chi connectivity index (χ1v) is 4.80. The molecule has 2 aromatic rings. The van der Waals surface area contributed by atoms with Gasteiger partial charge in [-0.25, -0.2) is 0 Å². The van der Waals surface area contributed by atoms with Crippen molar-refractivity contribution in [1.82, 2.24) is 0 Å². The topological polar surface area (TPSA) is 33.0 Å². The van der Waals surface area contributed by atoms with Gasteiger partial charge in [-0.05, 0) is 29.8 Å². The minimum atomic E-state index is 0.0946. The molecule has 0 fully saturated rings. The summed E-state index contributed by atoms with van der Waals surface area (Å²) < 4.78 is 5.24. The molecular formula is C13H11NO. The van der Waals surface area contributed by atoms with Gasteiger partial charge in [0.25, 0.3) is 0 Å². The Hall–Kier alpha value is -2.01. The number of rotatable bonds is 2. The van der Waals surface area contributed by atoms with Gasteiger partial charge in [0.05, 0.1) is 0 Å². The summed E-state index contributed by atoms with van der Waals surface area (Å²) in [7, 11) is 0. The van der Waals surface area contributed by atoms with Crippen molar-refractivity contribution in [2.24, 2.45) is 0 Å². The monoisotopic (exact) mass is 197 g/mol. The van der Waals surface area contributed by atoms with E-state index in [4.69, 9.17) is 10.00 Å². The Balaban J connectivity index is 2.41. The van der Waals surface area contributed by atoms with Crippen molar-refractivity contribution in [1.29, 1.82) is 5.26 Å². The van der Waals surface area contributed by atoms with Crippen molar-refractivity contribution in [2.45, 2.75) is 6.92 Å². The number of hydrogen-bond donors (Lipinski definition) is 0. The minimum Gasteiger partial charge on any atom is -0.479 e. The molecule has 0 aliphatic heterocycles. The average Bonchev–Trinajstić information content (AvgIpc) is 2.25. The van der Waals surface area contributed by atoms with Crippen LogP contribution in [0.15, 0.2) is 36.4 Å². The van der Waals surface area contributed by atoms with Crippen LogP contribution in [0.4, 0.5) is 0 Å². The first-order valence-electron chi connectivity index (χ1n) is 4.80. The van der Waals surface area contributed by atoms with Crippen molar-refractivity contribution >= 4 is 10.8 Å². The Bertz CT molecular complexity index is 526. The summed E-state index contributed by atoms with van der Waals surface area (Å²) in [5.41, 5.74) is 1.22. The highest BCUT2D eigenvalue weighted by molar-refractivity contribution is 5.84. The molecule has 0 atom stereocenters. The second-order valence-electron chi connectivity index (χ2n) is 3.46. The summed E-state index contributed by atoms with van der Waals surface area (Å²) in [4.78, 5) is 0. The molecule has 0 amide bonds. The van der Waals surface area contributed by atoms with Gasteiger partial charge >= 0.3 is 0 Å². The van der Waals surface area contributed by atoms with Gasteiger partial charge in [0.2, 0.25) is 0 Å². The normalized spacial score (nSPS) is 9.87. The predicted octanol–water partition coefficient (Wildman–Crippen LogP) is 3.05. The first kappa shape index (κ1) is 9.54. The smallest absolute Gasteiger partial charge is 0.174 e. The van der Waals surface area contributed by atoms with E-state index in [9.17, 15) is 0 Å². The Morgan fingerprint density at radius 2 is 1.93 bits per heavy atom. The molecule has 0 radical (unpaired) electrons. The third-order valence-electron chi connectivity index (χ3n) is 2.27. The van der Waals surface area contributed by atoms with Crippen LogP contribution >= 0.6 is 0 Å². The fraction of sp³-hybridized carbons (Fsp3) is 0.154. The SMILES string of the molecule is Cc1ccc2ccc(OCC#N)cc2c1. The van der Waals surface area contributed by atoms with Gasteiger partial charge in [-0.1, -0.05) is 29.8 Å². The Morgan fingerprint density at radius 1 is 1.13 bits per heavy atom. The highest BCUT2D eigenvalue weighted by atomic mass is 16.5. The van der Waals surface area contributed by atoms with E-state index < -0.39 is 0 Å². The van der Waals surface area contributed by atoms with Gasteiger partial charge < -0.3 is 4.74 Å². The van der Waals surface area contributed by atoms with Crippen LogP contribution in [0, 0.1) is 18.3 Å². The summed E-state index contributed by atoms with van der Waals surface area (Å²) in [6.07, 6.45) is 0. The third kappa shape index (κ3) is 2.08. The summed E-state index contributed by atoms with van der Waals surface area (Å²) in [6, 6.07) is 14.1. The maximum atomic E-state index is 8.41. The fourth-order valence-corrected chi connectivity index (χ4v) is 1.55. The minimum absolute atomic E-state index is 0.0946. The lowest BCUT2D eigenvalue weighted by Crippen LogP contribution is -1.92. The van der Waals surface area contributed by atoms with Crippen molar-refractivity contribution < 1.29 is 4.74 Å². The molecule has 74 valence electrons. The van der Waals surface area contributed by atoms with Gasteiger partial charge in [-0.15, -0.1) is 0 Å². The molecule has 2 aromatic carbocycles. The number of hydrogen-bond acceptors (Lipinski definition) is 2. The van der Waals surface area contributed by atoms with E-state index in [0.29, 0.717) is 0 Å². The van der Waals surface area contributed by atoms with Crippen molar-refractivity contribution in [2.75, 3.05) is 6.61 Å². The van der Waals surface area contributed by atoms with Crippen LogP contribution in [0.5, 0.6) is 5.75 Å². The van der Waals surface area contributed by atoms with Gasteiger partial charge in [-0.3, -0.25) is 0 Å². The van der Waals surface area contributed by atoms with E-state index in [1.165, 1.54) is 10.9 Å². The molecule has 2 rings (SSSR count). The van der Waals surface area contributed by atoms with Crippen molar-refractivity contribution in [3.8, 4) is 11.8 Å². The van der Waals surface area contributed by atoms with Crippen LogP contribution in [0.3, 0.4) is 0 Å². The maximum absolute atomic E-state index is 8.41. The molecule has 0 aliphatic rings. The molecule has 0 saturated carbocycles. The summed E-state index contributed by atoms with van der Waals surface area (Å²) in [5.74, 6) is 0.745. The predicted molar refractivity (Wildman–Crippen MR) is 59.8 cm³/mol. The Labute approximate surface area is 88.7 Å². The molecule has 0 spiro atoms. The number of fused-ring (bicyclic) bond motifs is 1. The first-order chi connectivity index (χ1) is 7.29. The second kappa shape index (κ2) is 4.02. The second-order valence-corrected chi connectivity index (χ2v) is 3.46. The lowest BCUT2D eigenvalue weighted by Gasteiger charge is -2.04. The number of aryl methyl sites for hydroxylation is 1. The molecule has 0 heterocycles. The zero-order valence-electron chi connectivity index (χ0n) is 8.53. The van der Waals surface area contributed by atoms with Gasteiger partial charge in [-0.2, -0.15) is 5.26 Å². The maximum Gasteiger partial charge on any atom is 0.174 e.